The number of carbonyl (C=O) groups is 1. The fourth-order valence-electron chi connectivity index (χ4n) is 2.48. The summed E-state index contributed by atoms with van der Waals surface area (Å²) in [7, 11) is 0. The van der Waals surface area contributed by atoms with Gasteiger partial charge in [0.2, 0.25) is 5.91 Å². The molecule has 0 bridgehead atoms. The fourth-order valence-corrected chi connectivity index (χ4v) is 3.41. The summed E-state index contributed by atoms with van der Waals surface area (Å²) >= 11 is 1.49. The topological polar surface area (TPSA) is 68.0 Å². The van der Waals surface area contributed by atoms with E-state index in [2.05, 4.69) is 31.1 Å². The first kappa shape index (κ1) is 14.5. The average molecular weight is 281 g/mol. The van der Waals surface area contributed by atoms with Crippen LogP contribution in [0.5, 0.6) is 0 Å². The summed E-state index contributed by atoms with van der Waals surface area (Å²) in [4.78, 5) is 16.9. The number of hydrogen-bond donors (Lipinski definition) is 2. The number of nitrogens with one attached hydrogen (secondary N) is 1. The number of carbonyl (C=O) groups excluding carboxylic acids is 1. The SMILES string of the molecule is CC(C)(C)c1csc(NC(=O)C2(CN)CCCC2)n1. The van der Waals surface area contributed by atoms with Crippen molar-refractivity contribution in [2.45, 2.75) is 51.9 Å². The predicted molar refractivity (Wildman–Crippen MR) is 79.4 cm³/mol. The van der Waals surface area contributed by atoms with Crippen molar-refractivity contribution in [2.75, 3.05) is 11.9 Å². The maximum atomic E-state index is 12.4. The molecule has 3 N–H and O–H groups in total. The molecule has 0 saturated heterocycles. The summed E-state index contributed by atoms with van der Waals surface area (Å²) in [5.41, 5.74) is 6.48. The van der Waals surface area contributed by atoms with Gasteiger partial charge in [-0.05, 0) is 12.8 Å². The van der Waals surface area contributed by atoms with Crippen LogP contribution in [0.25, 0.3) is 0 Å². The van der Waals surface area contributed by atoms with E-state index in [1.165, 1.54) is 11.3 Å². The lowest BCUT2D eigenvalue weighted by Gasteiger charge is -2.24. The van der Waals surface area contributed by atoms with Gasteiger partial charge in [-0.15, -0.1) is 11.3 Å². The number of aromatic nitrogens is 1. The van der Waals surface area contributed by atoms with E-state index in [0.29, 0.717) is 11.7 Å². The van der Waals surface area contributed by atoms with Gasteiger partial charge < -0.3 is 11.1 Å². The molecule has 106 valence electrons. The molecule has 1 fully saturated rings. The van der Waals surface area contributed by atoms with Crippen molar-refractivity contribution in [3.05, 3.63) is 11.1 Å². The van der Waals surface area contributed by atoms with Crippen LogP contribution in [-0.2, 0) is 10.2 Å². The lowest BCUT2D eigenvalue weighted by molar-refractivity contribution is -0.124. The Kier molecular flexibility index (Phi) is 3.97. The van der Waals surface area contributed by atoms with E-state index in [9.17, 15) is 4.79 Å². The summed E-state index contributed by atoms with van der Waals surface area (Å²) in [6.07, 6.45) is 3.98. The summed E-state index contributed by atoms with van der Waals surface area (Å²) in [6.45, 7) is 6.78. The van der Waals surface area contributed by atoms with Crippen LogP contribution in [0.1, 0.15) is 52.1 Å². The van der Waals surface area contributed by atoms with E-state index < -0.39 is 0 Å². The Bertz CT molecular complexity index is 456. The largest absolute Gasteiger partial charge is 0.329 e. The van der Waals surface area contributed by atoms with Crippen molar-refractivity contribution in [3.63, 3.8) is 0 Å². The Morgan fingerprint density at radius 3 is 2.58 bits per heavy atom. The molecule has 0 spiro atoms. The van der Waals surface area contributed by atoms with Crippen LogP contribution in [0.15, 0.2) is 5.38 Å². The molecule has 2 rings (SSSR count). The van der Waals surface area contributed by atoms with E-state index >= 15 is 0 Å². The van der Waals surface area contributed by atoms with E-state index in [1.807, 2.05) is 5.38 Å². The van der Waals surface area contributed by atoms with E-state index in [4.69, 9.17) is 5.73 Å². The Hall–Kier alpha value is -0.940. The van der Waals surface area contributed by atoms with Crippen LogP contribution in [0.2, 0.25) is 0 Å². The van der Waals surface area contributed by atoms with Crippen LogP contribution in [-0.4, -0.2) is 17.4 Å². The Morgan fingerprint density at radius 2 is 2.11 bits per heavy atom. The molecule has 0 aromatic carbocycles. The third kappa shape index (κ3) is 2.98. The molecule has 1 aliphatic rings. The highest BCUT2D eigenvalue weighted by atomic mass is 32.1. The van der Waals surface area contributed by atoms with Crippen LogP contribution < -0.4 is 11.1 Å². The minimum atomic E-state index is -0.367. The van der Waals surface area contributed by atoms with Gasteiger partial charge in [-0.2, -0.15) is 0 Å². The average Bonchev–Trinajstić information content (AvgIpc) is 2.96. The molecule has 0 unspecified atom stereocenters. The van der Waals surface area contributed by atoms with Crippen LogP contribution >= 0.6 is 11.3 Å². The van der Waals surface area contributed by atoms with Gasteiger partial charge in [0.1, 0.15) is 0 Å². The summed E-state index contributed by atoms with van der Waals surface area (Å²) in [6, 6.07) is 0. The minimum absolute atomic E-state index is 0.0123. The summed E-state index contributed by atoms with van der Waals surface area (Å²) in [5.74, 6) is 0.0438. The Morgan fingerprint density at radius 1 is 1.47 bits per heavy atom. The number of rotatable bonds is 3. The van der Waals surface area contributed by atoms with Gasteiger partial charge in [0.25, 0.3) is 0 Å². The number of amides is 1. The van der Waals surface area contributed by atoms with Crippen molar-refractivity contribution in [1.29, 1.82) is 0 Å². The zero-order valence-corrected chi connectivity index (χ0v) is 12.8. The molecule has 1 saturated carbocycles. The third-order valence-corrected chi connectivity index (χ3v) is 4.68. The maximum Gasteiger partial charge on any atom is 0.233 e. The number of thiazole rings is 1. The quantitative estimate of drug-likeness (QED) is 0.895. The Labute approximate surface area is 118 Å². The molecule has 1 heterocycles. The first-order valence-corrected chi connectivity index (χ1v) is 7.73. The summed E-state index contributed by atoms with van der Waals surface area (Å²) < 4.78 is 0. The monoisotopic (exact) mass is 281 g/mol. The molecule has 1 aromatic rings. The minimum Gasteiger partial charge on any atom is -0.329 e. The molecule has 4 nitrogen and oxygen atoms in total. The highest BCUT2D eigenvalue weighted by molar-refractivity contribution is 7.14. The van der Waals surface area contributed by atoms with Crippen LogP contribution in [0.4, 0.5) is 5.13 Å². The molecule has 0 radical (unpaired) electrons. The molecule has 0 atom stereocenters. The standard InChI is InChI=1S/C14H23N3OS/c1-13(2,3)10-8-19-12(16-10)17-11(18)14(9-15)6-4-5-7-14/h8H,4-7,9,15H2,1-3H3,(H,16,17,18). The van der Waals surface area contributed by atoms with Gasteiger partial charge >= 0.3 is 0 Å². The van der Waals surface area contributed by atoms with Gasteiger partial charge in [-0.3, -0.25) is 4.79 Å². The first-order valence-electron chi connectivity index (χ1n) is 6.85. The second-order valence-corrected chi connectivity index (χ2v) is 7.29. The molecule has 1 aromatic heterocycles. The zero-order valence-electron chi connectivity index (χ0n) is 12.0. The van der Waals surface area contributed by atoms with Gasteiger partial charge in [-0.1, -0.05) is 33.6 Å². The van der Waals surface area contributed by atoms with Crippen molar-refractivity contribution in [2.24, 2.45) is 11.1 Å². The third-order valence-electron chi connectivity index (χ3n) is 3.93. The second-order valence-electron chi connectivity index (χ2n) is 6.43. The molecular formula is C14H23N3OS. The number of nitrogens with two attached hydrogens (primary N) is 1. The van der Waals surface area contributed by atoms with Gasteiger partial charge in [-0.25, -0.2) is 4.98 Å². The van der Waals surface area contributed by atoms with Crippen LogP contribution in [0.3, 0.4) is 0 Å². The van der Waals surface area contributed by atoms with E-state index in [0.717, 1.165) is 31.4 Å². The zero-order chi connectivity index (χ0) is 14.1. The summed E-state index contributed by atoms with van der Waals surface area (Å²) in [5, 5.41) is 5.66. The number of nitrogens with zero attached hydrogens (tertiary/aromatic N) is 1. The lowest BCUT2D eigenvalue weighted by Crippen LogP contribution is -2.40. The van der Waals surface area contributed by atoms with Crippen molar-refractivity contribution < 1.29 is 4.79 Å². The van der Waals surface area contributed by atoms with Gasteiger partial charge in [0.05, 0.1) is 11.1 Å². The fraction of sp³-hybridized carbons (Fsp3) is 0.714. The molecule has 5 heteroatoms. The molecule has 0 aliphatic heterocycles. The maximum absolute atomic E-state index is 12.4. The molecule has 19 heavy (non-hydrogen) atoms. The second kappa shape index (κ2) is 5.21. The van der Waals surface area contributed by atoms with Crippen molar-refractivity contribution in [3.8, 4) is 0 Å². The van der Waals surface area contributed by atoms with E-state index in [-0.39, 0.29) is 16.7 Å². The van der Waals surface area contributed by atoms with Crippen molar-refractivity contribution >= 4 is 22.4 Å². The smallest absolute Gasteiger partial charge is 0.233 e. The molecular weight excluding hydrogens is 258 g/mol. The van der Waals surface area contributed by atoms with Crippen molar-refractivity contribution in [1.82, 2.24) is 4.98 Å². The van der Waals surface area contributed by atoms with Gasteiger partial charge in [0, 0.05) is 17.3 Å². The molecule has 1 amide bonds. The van der Waals surface area contributed by atoms with E-state index in [1.54, 1.807) is 0 Å². The predicted octanol–water partition coefficient (Wildman–Crippen LogP) is 2.90. The lowest BCUT2D eigenvalue weighted by atomic mass is 9.85. The number of anilines is 1. The highest BCUT2D eigenvalue weighted by Gasteiger charge is 2.40. The number of hydrogen-bond acceptors (Lipinski definition) is 4. The highest BCUT2D eigenvalue weighted by Crippen LogP contribution is 2.38. The Balaban J connectivity index is 2.09. The van der Waals surface area contributed by atoms with Gasteiger partial charge in [0.15, 0.2) is 5.13 Å². The first-order chi connectivity index (χ1) is 8.87. The van der Waals surface area contributed by atoms with Crippen LogP contribution in [0, 0.1) is 5.41 Å². The molecule has 1 aliphatic carbocycles. The normalized spacial score (nSPS) is 18.5.